The van der Waals surface area contributed by atoms with Crippen LogP contribution in [0.15, 0.2) is 12.2 Å². The van der Waals surface area contributed by atoms with E-state index in [2.05, 4.69) is 12.2 Å². The van der Waals surface area contributed by atoms with E-state index >= 15 is 0 Å². The van der Waals surface area contributed by atoms with Gasteiger partial charge in [-0.3, -0.25) is 0 Å². The summed E-state index contributed by atoms with van der Waals surface area (Å²) < 4.78 is 5.84. The minimum absolute atomic E-state index is 0.0630. The highest BCUT2D eigenvalue weighted by atomic mass is 16.5. The Morgan fingerprint density at radius 1 is 1.36 bits per heavy atom. The quantitative estimate of drug-likeness (QED) is 0.635. The smallest absolute Gasteiger partial charge is 0.0875 e. The van der Waals surface area contributed by atoms with Crippen molar-refractivity contribution in [1.29, 1.82) is 0 Å². The van der Waals surface area contributed by atoms with E-state index in [4.69, 9.17) is 4.74 Å². The van der Waals surface area contributed by atoms with Gasteiger partial charge in [0.15, 0.2) is 0 Å². The molecule has 6 atom stereocenters. The van der Waals surface area contributed by atoms with Gasteiger partial charge in [0.2, 0.25) is 0 Å². The van der Waals surface area contributed by atoms with Gasteiger partial charge < -0.3 is 9.84 Å². The average Bonchev–Trinajstić information content (AvgIpc) is 2.44. The molecule has 0 radical (unpaired) electrons. The molecule has 0 bridgehead atoms. The summed E-state index contributed by atoms with van der Waals surface area (Å²) in [7, 11) is 1.86. The molecule has 2 nitrogen and oxygen atoms in total. The van der Waals surface area contributed by atoms with Gasteiger partial charge >= 0.3 is 0 Å². The van der Waals surface area contributed by atoms with Crippen LogP contribution in [-0.2, 0) is 4.74 Å². The number of methoxy groups -OCH3 is 1. The summed E-state index contributed by atoms with van der Waals surface area (Å²) in [6.07, 6.45) is 7.89. The van der Waals surface area contributed by atoms with Crippen molar-refractivity contribution in [3.05, 3.63) is 12.2 Å². The van der Waals surface area contributed by atoms with Gasteiger partial charge in [0.1, 0.15) is 0 Å². The van der Waals surface area contributed by atoms with Gasteiger partial charge in [0.25, 0.3) is 0 Å². The number of aliphatic hydroxyl groups is 1. The van der Waals surface area contributed by atoms with Crippen LogP contribution in [0.4, 0.5) is 0 Å². The molecular formula is C12H16O2. The molecule has 0 heterocycles. The van der Waals surface area contributed by atoms with E-state index in [9.17, 15) is 5.11 Å². The molecule has 0 aromatic heterocycles. The first-order valence-electron chi connectivity index (χ1n) is 5.67. The normalized spacial score (nSPS) is 67.0. The number of hydrogen-bond acceptors (Lipinski definition) is 2. The van der Waals surface area contributed by atoms with Gasteiger partial charge in [-0.25, -0.2) is 0 Å². The van der Waals surface area contributed by atoms with Gasteiger partial charge in [0, 0.05) is 24.4 Å². The number of rotatable bonds is 1. The van der Waals surface area contributed by atoms with Crippen molar-refractivity contribution in [2.45, 2.75) is 31.0 Å². The molecule has 4 aliphatic carbocycles. The third-order valence-corrected chi connectivity index (χ3v) is 5.48. The fourth-order valence-electron chi connectivity index (χ4n) is 5.24. The second-order valence-electron chi connectivity index (χ2n) is 5.53. The van der Waals surface area contributed by atoms with Crippen LogP contribution in [-0.4, -0.2) is 23.9 Å². The predicted molar refractivity (Wildman–Crippen MR) is 51.6 cm³/mol. The van der Waals surface area contributed by atoms with Crippen LogP contribution < -0.4 is 0 Å². The van der Waals surface area contributed by atoms with Gasteiger partial charge in [-0.1, -0.05) is 12.2 Å². The third kappa shape index (κ3) is 0.496. The predicted octanol–water partition coefficient (Wildman–Crippen LogP) is 1.35. The Morgan fingerprint density at radius 3 is 2.93 bits per heavy atom. The lowest BCUT2D eigenvalue weighted by Crippen LogP contribution is -2.24. The molecule has 0 unspecified atom stereocenters. The Hall–Kier alpha value is -0.340. The molecular weight excluding hydrogens is 176 g/mol. The van der Waals surface area contributed by atoms with Crippen LogP contribution in [0.25, 0.3) is 0 Å². The first-order valence-corrected chi connectivity index (χ1v) is 5.67. The first kappa shape index (κ1) is 7.89. The zero-order valence-corrected chi connectivity index (χ0v) is 8.44. The SMILES string of the molecule is CO[C@]12[C@@H]3C=C[C@H]1C[C@@H]1C[C@H](O)C[C@]132. The van der Waals surface area contributed by atoms with E-state index in [0.717, 1.165) is 18.8 Å². The lowest BCUT2D eigenvalue weighted by Gasteiger charge is -2.19. The Balaban J connectivity index is 1.85. The van der Waals surface area contributed by atoms with E-state index in [1.807, 2.05) is 7.11 Å². The maximum Gasteiger partial charge on any atom is 0.0875 e. The number of ether oxygens (including phenoxy) is 1. The average molecular weight is 192 g/mol. The van der Waals surface area contributed by atoms with Crippen molar-refractivity contribution < 1.29 is 9.84 Å². The molecule has 76 valence electrons. The van der Waals surface area contributed by atoms with E-state index in [-0.39, 0.29) is 11.7 Å². The highest BCUT2D eigenvalue weighted by Gasteiger charge is 2.87. The molecule has 4 rings (SSSR count). The molecule has 3 fully saturated rings. The lowest BCUT2D eigenvalue weighted by atomic mass is 9.91. The van der Waals surface area contributed by atoms with Crippen LogP contribution in [0.5, 0.6) is 0 Å². The van der Waals surface area contributed by atoms with Gasteiger partial charge in [-0.15, -0.1) is 0 Å². The van der Waals surface area contributed by atoms with E-state index in [1.54, 1.807) is 0 Å². The van der Waals surface area contributed by atoms with Gasteiger partial charge in [-0.05, 0) is 25.2 Å². The Kier molecular flexibility index (Phi) is 1.10. The fourth-order valence-corrected chi connectivity index (χ4v) is 5.24. The van der Waals surface area contributed by atoms with Crippen molar-refractivity contribution in [2.75, 3.05) is 7.11 Å². The summed E-state index contributed by atoms with van der Waals surface area (Å²) in [5.74, 6) is 2.00. The second kappa shape index (κ2) is 1.96. The largest absolute Gasteiger partial charge is 0.393 e. The molecule has 4 aliphatic rings. The van der Waals surface area contributed by atoms with Crippen molar-refractivity contribution in [2.24, 2.45) is 23.2 Å². The molecule has 0 amide bonds. The zero-order chi connectivity index (χ0) is 9.55. The molecule has 1 N–H and O–H groups in total. The second-order valence-corrected chi connectivity index (χ2v) is 5.53. The molecule has 3 saturated carbocycles. The third-order valence-electron chi connectivity index (χ3n) is 5.48. The van der Waals surface area contributed by atoms with Crippen molar-refractivity contribution in [3.8, 4) is 0 Å². The molecule has 1 spiro atoms. The molecule has 14 heavy (non-hydrogen) atoms. The molecule has 2 heteroatoms. The molecule has 0 aliphatic heterocycles. The van der Waals surface area contributed by atoms with E-state index in [1.165, 1.54) is 6.42 Å². The van der Waals surface area contributed by atoms with Crippen molar-refractivity contribution in [1.82, 2.24) is 0 Å². The monoisotopic (exact) mass is 192 g/mol. The maximum absolute atomic E-state index is 9.79. The molecule has 0 saturated heterocycles. The fraction of sp³-hybridized carbons (Fsp3) is 0.833. The van der Waals surface area contributed by atoms with Crippen LogP contribution in [0.2, 0.25) is 0 Å². The first-order chi connectivity index (χ1) is 6.75. The molecule has 0 aromatic rings. The van der Waals surface area contributed by atoms with Gasteiger partial charge in [-0.2, -0.15) is 0 Å². The van der Waals surface area contributed by atoms with E-state index in [0.29, 0.717) is 17.3 Å². The van der Waals surface area contributed by atoms with Crippen LogP contribution >= 0.6 is 0 Å². The maximum atomic E-state index is 9.79. The highest BCUT2D eigenvalue weighted by Crippen LogP contribution is 2.84. The summed E-state index contributed by atoms with van der Waals surface area (Å²) in [6.45, 7) is 0. The van der Waals surface area contributed by atoms with E-state index < -0.39 is 0 Å². The number of hydrogen-bond donors (Lipinski definition) is 1. The van der Waals surface area contributed by atoms with Crippen molar-refractivity contribution in [3.63, 3.8) is 0 Å². The highest BCUT2D eigenvalue weighted by molar-refractivity contribution is 5.45. The van der Waals surface area contributed by atoms with Crippen LogP contribution in [0, 0.1) is 23.2 Å². The summed E-state index contributed by atoms with van der Waals surface area (Å²) in [6, 6.07) is 0. The lowest BCUT2D eigenvalue weighted by molar-refractivity contribution is 0.0252. The summed E-state index contributed by atoms with van der Waals surface area (Å²) in [5, 5.41) is 9.79. The minimum Gasteiger partial charge on any atom is -0.393 e. The topological polar surface area (TPSA) is 29.5 Å². The van der Waals surface area contributed by atoms with Crippen LogP contribution in [0.1, 0.15) is 19.3 Å². The molecule has 0 aromatic carbocycles. The summed E-state index contributed by atoms with van der Waals surface area (Å²) in [5.41, 5.74) is 0.468. The summed E-state index contributed by atoms with van der Waals surface area (Å²) in [4.78, 5) is 0. The Bertz CT molecular complexity index is 337. The minimum atomic E-state index is -0.0630. The number of aliphatic hydroxyl groups excluding tert-OH is 1. The summed E-state index contributed by atoms with van der Waals surface area (Å²) >= 11 is 0. The zero-order valence-electron chi connectivity index (χ0n) is 8.44. The Morgan fingerprint density at radius 2 is 2.21 bits per heavy atom. The van der Waals surface area contributed by atoms with Crippen LogP contribution in [0.3, 0.4) is 0 Å². The van der Waals surface area contributed by atoms with Crippen molar-refractivity contribution >= 4 is 0 Å². The Labute approximate surface area is 83.9 Å². The van der Waals surface area contributed by atoms with Gasteiger partial charge in [0.05, 0.1) is 11.7 Å². The standard InChI is InChI=1S/C12H16O2/c1-14-12-7-2-3-10(12)11(12)6-9(13)5-8(11)4-7/h2-3,7-10,13H,4-6H2,1H3/t7-,8+,9-,10+,11-,12-/m0/s1.